The number of rotatable bonds is 2. The summed E-state index contributed by atoms with van der Waals surface area (Å²) in [5.74, 6) is -0.0205. The van der Waals surface area contributed by atoms with Crippen LogP contribution in [0.5, 0.6) is 0 Å². The molecule has 1 saturated carbocycles. The molecule has 94 valence electrons. The summed E-state index contributed by atoms with van der Waals surface area (Å²) in [4.78, 5) is 11.9. The number of nitrogens with two attached hydrogens (primary N) is 1. The maximum Gasteiger partial charge on any atom is 0.256 e. The number of nitrogens with zero attached hydrogens (tertiary/aromatic N) is 1. The Bertz CT molecular complexity index is 391. The van der Waals surface area contributed by atoms with Crippen LogP contribution in [0.2, 0.25) is 0 Å². The predicted octanol–water partition coefficient (Wildman–Crippen LogP) is 0.415. The molecule has 1 fully saturated rings. The average molecular weight is 238 g/mol. The molecule has 1 aromatic heterocycles. The van der Waals surface area contributed by atoms with Gasteiger partial charge in [-0.15, -0.1) is 0 Å². The van der Waals surface area contributed by atoms with E-state index in [0.717, 1.165) is 32.1 Å². The summed E-state index contributed by atoms with van der Waals surface area (Å²) < 4.78 is 0. The second-order valence-electron chi connectivity index (χ2n) is 4.48. The standard InChI is InChI=1S/C11H18N4O2/c12-10-7(6-13-15-10)11(17)14-8-4-2-1-3-5-9(8)16/h6,8-9,16H,1-5H2,(H,14,17)(H3,12,13,15). The minimum Gasteiger partial charge on any atom is -0.391 e. The monoisotopic (exact) mass is 238 g/mol. The second-order valence-corrected chi connectivity index (χ2v) is 4.48. The number of nitrogens with one attached hydrogen (secondary N) is 2. The Morgan fingerprint density at radius 2 is 2.24 bits per heavy atom. The number of carbonyl (C=O) groups excluding carboxylic acids is 1. The van der Waals surface area contributed by atoms with Crippen LogP contribution in [0.25, 0.3) is 0 Å². The first-order valence-corrected chi connectivity index (χ1v) is 5.96. The van der Waals surface area contributed by atoms with Crippen LogP contribution in [0.1, 0.15) is 42.5 Å². The molecule has 0 spiro atoms. The first-order valence-electron chi connectivity index (χ1n) is 5.96. The van der Waals surface area contributed by atoms with Gasteiger partial charge in [-0.1, -0.05) is 19.3 Å². The SMILES string of the molecule is Nc1[nH]ncc1C(=O)NC1CCCCCC1O. The van der Waals surface area contributed by atoms with E-state index < -0.39 is 6.10 Å². The van der Waals surface area contributed by atoms with Crippen molar-refractivity contribution in [3.05, 3.63) is 11.8 Å². The molecule has 6 heteroatoms. The zero-order valence-electron chi connectivity index (χ0n) is 9.65. The third-order valence-electron chi connectivity index (χ3n) is 3.21. The van der Waals surface area contributed by atoms with Gasteiger partial charge in [0, 0.05) is 0 Å². The number of nitrogen functional groups attached to an aromatic ring is 1. The Balaban J connectivity index is 2.00. The number of H-pyrrole nitrogens is 1. The van der Waals surface area contributed by atoms with Crippen LogP contribution >= 0.6 is 0 Å². The van der Waals surface area contributed by atoms with E-state index in [1.165, 1.54) is 6.20 Å². The molecule has 2 atom stereocenters. The van der Waals surface area contributed by atoms with E-state index in [9.17, 15) is 9.90 Å². The Labute approximate surface area is 99.6 Å². The van der Waals surface area contributed by atoms with Gasteiger partial charge in [0.15, 0.2) is 0 Å². The van der Waals surface area contributed by atoms with Gasteiger partial charge in [0.2, 0.25) is 0 Å². The van der Waals surface area contributed by atoms with E-state index in [4.69, 9.17) is 5.73 Å². The minimum atomic E-state index is -0.463. The molecule has 2 unspecified atom stereocenters. The van der Waals surface area contributed by atoms with Crippen molar-refractivity contribution in [1.82, 2.24) is 15.5 Å². The molecule has 0 aliphatic heterocycles. The molecule has 0 radical (unpaired) electrons. The summed E-state index contributed by atoms with van der Waals surface area (Å²) in [7, 11) is 0. The summed E-state index contributed by atoms with van der Waals surface area (Å²) in [5, 5.41) is 18.9. The van der Waals surface area contributed by atoms with Crippen molar-refractivity contribution in [3.8, 4) is 0 Å². The molecule has 1 amide bonds. The third kappa shape index (κ3) is 2.76. The predicted molar refractivity (Wildman–Crippen MR) is 63.3 cm³/mol. The van der Waals surface area contributed by atoms with Crippen molar-refractivity contribution < 1.29 is 9.90 Å². The van der Waals surface area contributed by atoms with Gasteiger partial charge in [-0.2, -0.15) is 5.10 Å². The van der Waals surface area contributed by atoms with E-state index in [0.29, 0.717) is 5.56 Å². The lowest BCUT2D eigenvalue weighted by Gasteiger charge is -2.21. The van der Waals surface area contributed by atoms with Gasteiger partial charge in [-0.3, -0.25) is 9.89 Å². The van der Waals surface area contributed by atoms with Gasteiger partial charge in [-0.25, -0.2) is 0 Å². The lowest BCUT2D eigenvalue weighted by molar-refractivity contribution is 0.0819. The normalized spacial score (nSPS) is 25.2. The Kier molecular flexibility index (Phi) is 3.63. The van der Waals surface area contributed by atoms with Crippen molar-refractivity contribution in [3.63, 3.8) is 0 Å². The third-order valence-corrected chi connectivity index (χ3v) is 3.21. The number of aliphatic hydroxyl groups is 1. The highest BCUT2D eigenvalue weighted by Crippen LogP contribution is 2.18. The van der Waals surface area contributed by atoms with Crippen LogP contribution in [-0.4, -0.2) is 33.4 Å². The summed E-state index contributed by atoms with van der Waals surface area (Å²) in [6.07, 6.45) is 5.64. The fourth-order valence-electron chi connectivity index (χ4n) is 2.18. The summed E-state index contributed by atoms with van der Waals surface area (Å²) >= 11 is 0. The maximum absolute atomic E-state index is 11.9. The number of amides is 1. The maximum atomic E-state index is 11.9. The van der Waals surface area contributed by atoms with Crippen molar-refractivity contribution in [2.45, 2.75) is 44.2 Å². The highest BCUT2D eigenvalue weighted by molar-refractivity contribution is 5.98. The second kappa shape index (κ2) is 5.18. The van der Waals surface area contributed by atoms with Crippen LogP contribution in [0, 0.1) is 0 Å². The lowest BCUT2D eigenvalue weighted by atomic mass is 10.1. The summed E-state index contributed by atoms with van der Waals surface area (Å²) in [6.45, 7) is 0. The highest BCUT2D eigenvalue weighted by atomic mass is 16.3. The molecule has 5 N–H and O–H groups in total. The molecular formula is C11H18N4O2. The van der Waals surface area contributed by atoms with Crippen molar-refractivity contribution >= 4 is 11.7 Å². The average Bonchev–Trinajstić information content (AvgIpc) is 2.63. The zero-order chi connectivity index (χ0) is 12.3. The van der Waals surface area contributed by atoms with Crippen LogP contribution in [-0.2, 0) is 0 Å². The fourth-order valence-corrected chi connectivity index (χ4v) is 2.18. The first-order chi connectivity index (χ1) is 8.18. The minimum absolute atomic E-state index is 0.181. The number of hydrogen-bond donors (Lipinski definition) is 4. The van der Waals surface area contributed by atoms with Gasteiger partial charge >= 0.3 is 0 Å². The van der Waals surface area contributed by atoms with Gasteiger partial charge in [0.25, 0.3) is 5.91 Å². The smallest absolute Gasteiger partial charge is 0.256 e. The molecule has 0 bridgehead atoms. The Hall–Kier alpha value is -1.56. The molecular weight excluding hydrogens is 220 g/mol. The summed E-state index contributed by atoms with van der Waals surface area (Å²) in [6, 6.07) is -0.181. The molecule has 2 rings (SSSR count). The molecule has 1 aliphatic rings. The molecule has 0 aromatic carbocycles. The van der Waals surface area contributed by atoms with Crippen molar-refractivity contribution in [2.24, 2.45) is 0 Å². The van der Waals surface area contributed by atoms with E-state index in [2.05, 4.69) is 15.5 Å². The number of aromatic nitrogens is 2. The molecule has 1 aliphatic carbocycles. The van der Waals surface area contributed by atoms with E-state index in [1.54, 1.807) is 0 Å². The van der Waals surface area contributed by atoms with E-state index >= 15 is 0 Å². The number of carbonyl (C=O) groups is 1. The molecule has 17 heavy (non-hydrogen) atoms. The molecule has 1 aromatic rings. The number of aromatic amines is 1. The summed E-state index contributed by atoms with van der Waals surface area (Å²) in [5.41, 5.74) is 5.91. The number of anilines is 1. The van der Waals surface area contributed by atoms with Crippen molar-refractivity contribution in [1.29, 1.82) is 0 Å². The number of aliphatic hydroxyl groups excluding tert-OH is 1. The highest BCUT2D eigenvalue weighted by Gasteiger charge is 2.24. The number of hydrogen-bond acceptors (Lipinski definition) is 4. The molecule has 6 nitrogen and oxygen atoms in total. The molecule has 1 heterocycles. The van der Waals surface area contributed by atoms with Gasteiger partial charge < -0.3 is 16.2 Å². The van der Waals surface area contributed by atoms with Crippen LogP contribution in [0.15, 0.2) is 6.20 Å². The first kappa shape index (κ1) is 11.9. The van der Waals surface area contributed by atoms with Crippen LogP contribution in [0.3, 0.4) is 0 Å². The zero-order valence-corrected chi connectivity index (χ0v) is 9.65. The van der Waals surface area contributed by atoms with Gasteiger partial charge in [0.1, 0.15) is 11.4 Å². The lowest BCUT2D eigenvalue weighted by Crippen LogP contribution is -2.42. The molecule has 0 saturated heterocycles. The fraction of sp³-hybridized carbons (Fsp3) is 0.636. The van der Waals surface area contributed by atoms with Crippen LogP contribution in [0.4, 0.5) is 5.82 Å². The van der Waals surface area contributed by atoms with Crippen molar-refractivity contribution in [2.75, 3.05) is 5.73 Å². The van der Waals surface area contributed by atoms with E-state index in [1.807, 2.05) is 0 Å². The van der Waals surface area contributed by atoms with E-state index in [-0.39, 0.29) is 17.8 Å². The quantitative estimate of drug-likeness (QED) is 0.560. The topological polar surface area (TPSA) is 104 Å². The Morgan fingerprint density at radius 3 is 2.94 bits per heavy atom. The van der Waals surface area contributed by atoms with Crippen LogP contribution < -0.4 is 11.1 Å². The Morgan fingerprint density at radius 1 is 1.47 bits per heavy atom. The largest absolute Gasteiger partial charge is 0.391 e. The van der Waals surface area contributed by atoms with Gasteiger partial charge in [0.05, 0.1) is 18.3 Å². The van der Waals surface area contributed by atoms with Gasteiger partial charge in [-0.05, 0) is 12.8 Å².